The predicted octanol–water partition coefficient (Wildman–Crippen LogP) is 6.66. The van der Waals surface area contributed by atoms with E-state index in [-0.39, 0.29) is 11.8 Å². The minimum atomic E-state index is -0.638. The van der Waals surface area contributed by atoms with Crippen LogP contribution in [-0.2, 0) is 4.79 Å². The van der Waals surface area contributed by atoms with Crippen molar-refractivity contribution < 1.29 is 14.3 Å². The van der Waals surface area contributed by atoms with Crippen molar-refractivity contribution in [3.8, 4) is 5.75 Å². The predicted molar refractivity (Wildman–Crippen MR) is 139 cm³/mol. The SMILES string of the molecule is CCC(Oc1ccccc1C(C)CC)C(=O)Nc1cccc(C(=O)N(CC)c2ccccc2)c1. The molecule has 0 aromatic heterocycles. The lowest BCUT2D eigenvalue weighted by atomic mass is 9.98. The van der Waals surface area contributed by atoms with Crippen molar-refractivity contribution in [2.45, 2.75) is 52.6 Å². The molecule has 3 rings (SSSR count). The Labute approximate surface area is 202 Å². The average Bonchev–Trinajstić information content (AvgIpc) is 2.88. The zero-order chi connectivity index (χ0) is 24.5. The molecule has 2 amide bonds. The fourth-order valence-electron chi connectivity index (χ4n) is 3.85. The molecule has 0 saturated carbocycles. The van der Waals surface area contributed by atoms with Crippen molar-refractivity contribution in [1.29, 1.82) is 0 Å². The fourth-order valence-corrected chi connectivity index (χ4v) is 3.85. The molecule has 2 atom stereocenters. The molecule has 0 fully saturated rings. The van der Waals surface area contributed by atoms with Gasteiger partial charge in [0.1, 0.15) is 5.75 Å². The summed E-state index contributed by atoms with van der Waals surface area (Å²) in [5.41, 5.74) is 3.02. The second kappa shape index (κ2) is 12.0. The molecule has 34 heavy (non-hydrogen) atoms. The van der Waals surface area contributed by atoms with Crippen molar-refractivity contribution in [2.75, 3.05) is 16.8 Å². The number of hydrogen-bond acceptors (Lipinski definition) is 3. The van der Waals surface area contributed by atoms with Gasteiger partial charge in [0.15, 0.2) is 6.10 Å². The first kappa shape index (κ1) is 25.0. The molecule has 2 unspecified atom stereocenters. The standard InChI is InChI=1S/C29H34N2O3/c1-5-21(4)25-18-11-12-19-27(25)34-26(6-2)28(32)30-23-15-13-14-22(20-23)29(33)31(7-3)24-16-9-8-10-17-24/h8-21,26H,5-7H2,1-4H3,(H,30,32). The fraction of sp³-hybridized carbons (Fsp3) is 0.310. The normalized spacial score (nSPS) is 12.5. The number of para-hydroxylation sites is 2. The summed E-state index contributed by atoms with van der Waals surface area (Å²) in [6.45, 7) is 8.70. The van der Waals surface area contributed by atoms with Crippen LogP contribution in [0, 0.1) is 0 Å². The third-order valence-electron chi connectivity index (χ3n) is 6.00. The molecular weight excluding hydrogens is 424 g/mol. The summed E-state index contributed by atoms with van der Waals surface area (Å²) in [6.07, 6.45) is 0.875. The van der Waals surface area contributed by atoms with Gasteiger partial charge in [0.05, 0.1) is 0 Å². The van der Waals surface area contributed by atoms with Crippen LogP contribution in [0.2, 0.25) is 0 Å². The van der Waals surface area contributed by atoms with Crippen LogP contribution in [0.5, 0.6) is 5.75 Å². The molecule has 0 spiro atoms. The van der Waals surface area contributed by atoms with E-state index in [0.29, 0.717) is 30.1 Å². The minimum absolute atomic E-state index is 0.115. The number of carbonyl (C=O) groups excluding carboxylic acids is 2. The molecule has 0 aliphatic heterocycles. The number of carbonyl (C=O) groups is 2. The van der Waals surface area contributed by atoms with Crippen LogP contribution in [0.15, 0.2) is 78.9 Å². The van der Waals surface area contributed by atoms with Gasteiger partial charge in [0, 0.05) is 23.5 Å². The maximum atomic E-state index is 13.2. The number of anilines is 2. The van der Waals surface area contributed by atoms with Crippen molar-refractivity contribution in [3.05, 3.63) is 90.0 Å². The third kappa shape index (κ3) is 6.04. The first-order valence-corrected chi connectivity index (χ1v) is 12.0. The molecule has 3 aromatic rings. The topological polar surface area (TPSA) is 58.6 Å². The lowest BCUT2D eigenvalue weighted by molar-refractivity contribution is -0.122. The molecule has 0 aliphatic rings. The number of hydrogen-bond donors (Lipinski definition) is 1. The van der Waals surface area contributed by atoms with Gasteiger partial charge in [-0.3, -0.25) is 9.59 Å². The Hall–Kier alpha value is -3.60. The van der Waals surface area contributed by atoms with Crippen LogP contribution >= 0.6 is 0 Å². The highest BCUT2D eigenvalue weighted by molar-refractivity contribution is 6.07. The second-order valence-corrected chi connectivity index (χ2v) is 8.32. The lowest BCUT2D eigenvalue weighted by Gasteiger charge is -2.22. The highest BCUT2D eigenvalue weighted by Gasteiger charge is 2.22. The van der Waals surface area contributed by atoms with Gasteiger partial charge in [0.2, 0.25) is 0 Å². The van der Waals surface area contributed by atoms with E-state index >= 15 is 0 Å². The van der Waals surface area contributed by atoms with Crippen LogP contribution in [0.3, 0.4) is 0 Å². The zero-order valence-electron chi connectivity index (χ0n) is 20.5. The monoisotopic (exact) mass is 458 g/mol. The Morgan fingerprint density at radius 3 is 2.26 bits per heavy atom. The first-order chi connectivity index (χ1) is 16.5. The van der Waals surface area contributed by atoms with Crippen molar-refractivity contribution in [3.63, 3.8) is 0 Å². The van der Waals surface area contributed by atoms with Gasteiger partial charge in [-0.25, -0.2) is 0 Å². The number of rotatable bonds is 10. The Kier molecular flexibility index (Phi) is 8.86. The highest BCUT2D eigenvalue weighted by atomic mass is 16.5. The van der Waals surface area contributed by atoms with Gasteiger partial charge in [-0.2, -0.15) is 0 Å². The van der Waals surface area contributed by atoms with E-state index < -0.39 is 6.10 Å². The van der Waals surface area contributed by atoms with Crippen LogP contribution < -0.4 is 15.0 Å². The molecule has 178 valence electrons. The number of ether oxygens (including phenoxy) is 1. The average molecular weight is 459 g/mol. The smallest absolute Gasteiger partial charge is 0.265 e. The summed E-state index contributed by atoms with van der Waals surface area (Å²) in [5, 5.41) is 2.93. The van der Waals surface area contributed by atoms with Gasteiger partial charge in [0.25, 0.3) is 11.8 Å². The number of nitrogens with one attached hydrogen (secondary N) is 1. The number of amides is 2. The summed E-state index contributed by atoms with van der Waals surface area (Å²) in [7, 11) is 0. The summed E-state index contributed by atoms with van der Waals surface area (Å²) in [6, 6.07) is 24.5. The van der Waals surface area contributed by atoms with Crippen molar-refractivity contribution >= 4 is 23.2 Å². The van der Waals surface area contributed by atoms with Gasteiger partial charge in [-0.05, 0) is 67.6 Å². The largest absolute Gasteiger partial charge is 0.480 e. The van der Waals surface area contributed by atoms with E-state index in [2.05, 4.69) is 25.2 Å². The Bertz CT molecular complexity index is 1100. The molecule has 3 aromatic carbocycles. The first-order valence-electron chi connectivity index (χ1n) is 12.0. The van der Waals surface area contributed by atoms with E-state index in [1.54, 1.807) is 29.2 Å². The van der Waals surface area contributed by atoms with E-state index in [4.69, 9.17) is 4.74 Å². The van der Waals surface area contributed by atoms with Crippen LogP contribution in [-0.4, -0.2) is 24.5 Å². The van der Waals surface area contributed by atoms with E-state index in [1.165, 1.54) is 0 Å². The van der Waals surface area contributed by atoms with Gasteiger partial charge in [-0.15, -0.1) is 0 Å². The van der Waals surface area contributed by atoms with Crippen LogP contribution in [0.25, 0.3) is 0 Å². The summed E-state index contributed by atoms with van der Waals surface area (Å²) < 4.78 is 6.16. The van der Waals surface area contributed by atoms with Crippen molar-refractivity contribution in [2.24, 2.45) is 0 Å². The molecule has 5 nitrogen and oxygen atoms in total. The molecule has 0 saturated heterocycles. The van der Waals surface area contributed by atoms with Gasteiger partial charge < -0.3 is 15.0 Å². The lowest BCUT2D eigenvalue weighted by Crippen LogP contribution is -2.33. The molecule has 0 aliphatic carbocycles. The van der Waals surface area contributed by atoms with E-state index in [0.717, 1.165) is 23.4 Å². The molecule has 1 N–H and O–H groups in total. The summed E-state index contributed by atoms with van der Waals surface area (Å²) >= 11 is 0. The number of benzene rings is 3. The van der Waals surface area contributed by atoms with E-state index in [1.807, 2.05) is 62.4 Å². The highest BCUT2D eigenvalue weighted by Crippen LogP contribution is 2.29. The Morgan fingerprint density at radius 2 is 1.59 bits per heavy atom. The molecule has 5 heteroatoms. The third-order valence-corrected chi connectivity index (χ3v) is 6.00. The van der Waals surface area contributed by atoms with Gasteiger partial charge >= 0.3 is 0 Å². The Balaban J connectivity index is 1.75. The van der Waals surface area contributed by atoms with Gasteiger partial charge in [-0.1, -0.05) is 63.2 Å². The molecular formula is C29H34N2O3. The summed E-state index contributed by atoms with van der Waals surface area (Å²) in [5.74, 6) is 0.729. The second-order valence-electron chi connectivity index (χ2n) is 8.32. The van der Waals surface area contributed by atoms with Crippen molar-refractivity contribution in [1.82, 2.24) is 0 Å². The zero-order valence-corrected chi connectivity index (χ0v) is 20.5. The maximum Gasteiger partial charge on any atom is 0.265 e. The molecule has 0 bridgehead atoms. The molecule has 0 heterocycles. The maximum absolute atomic E-state index is 13.2. The number of nitrogens with zero attached hydrogens (tertiary/aromatic N) is 1. The summed E-state index contributed by atoms with van der Waals surface area (Å²) in [4.78, 5) is 27.9. The van der Waals surface area contributed by atoms with Crippen LogP contribution in [0.1, 0.15) is 62.4 Å². The quantitative estimate of drug-likeness (QED) is 0.369. The Morgan fingerprint density at radius 1 is 0.882 bits per heavy atom. The minimum Gasteiger partial charge on any atom is -0.480 e. The van der Waals surface area contributed by atoms with Crippen LogP contribution in [0.4, 0.5) is 11.4 Å². The molecule has 0 radical (unpaired) electrons. The van der Waals surface area contributed by atoms with E-state index in [9.17, 15) is 9.59 Å².